The second-order valence-electron chi connectivity index (χ2n) is 6.46. The van der Waals surface area contributed by atoms with E-state index in [0.717, 1.165) is 51.1 Å². The van der Waals surface area contributed by atoms with E-state index in [1.165, 1.54) is 5.56 Å². The molecule has 1 aromatic carbocycles. The Hall–Kier alpha value is -1.83. The van der Waals surface area contributed by atoms with E-state index in [9.17, 15) is 0 Å². The van der Waals surface area contributed by atoms with Gasteiger partial charge in [-0.1, -0.05) is 12.1 Å². The van der Waals surface area contributed by atoms with Crippen molar-refractivity contribution in [3.8, 4) is 6.07 Å². The van der Waals surface area contributed by atoms with Crippen LogP contribution in [0.1, 0.15) is 36.9 Å². The SMILES string of the molecule is C[C@@H](c1cccc(C#N)c1)N1CCN(C[C@@H]2CCC=CO2)CC1. The zero-order chi connectivity index (χ0) is 16.1. The molecule has 0 radical (unpaired) electrons. The fourth-order valence-electron chi connectivity index (χ4n) is 3.42. The smallest absolute Gasteiger partial charge is 0.111 e. The van der Waals surface area contributed by atoms with E-state index in [4.69, 9.17) is 10.00 Å². The minimum atomic E-state index is 0.358. The number of piperazine rings is 1. The fourth-order valence-corrected chi connectivity index (χ4v) is 3.42. The summed E-state index contributed by atoms with van der Waals surface area (Å²) in [7, 11) is 0. The van der Waals surface area contributed by atoms with E-state index < -0.39 is 0 Å². The Morgan fingerprint density at radius 2 is 2.13 bits per heavy atom. The van der Waals surface area contributed by atoms with Crippen molar-refractivity contribution in [2.45, 2.75) is 31.9 Å². The van der Waals surface area contributed by atoms with Gasteiger partial charge in [0, 0.05) is 38.8 Å². The molecule has 3 rings (SSSR count). The summed E-state index contributed by atoms with van der Waals surface area (Å²) >= 11 is 0. The Morgan fingerprint density at radius 1 is 1.30 bits per heavy atom. The molecule has 0 aromatic heterocycles. The van der Waals surface area contributed by atoms with Crippen molar-refractivity contribution < 1.29 is 4.74 Å². The minimum Gasteiger partial charge on any atom is -0.497 e. The summed E-state index contributed by atoms with van der Waals surface area (Å²) < 4.78 is 5.68. The molecule has 0 aliphatic carbocycles. The first-order valence-corrected chi connectivity index (χ1v) is 8.53. The largest absolute Gasteiger partial charge is 0.497 e. The van der Waals surface area contributed by atoms with Crippen LogP contribution in [0.4, 0.5) is 0 Å². The molecule has 1 aromatic rings. The summed E-state index contributed by atoms with van der Waals surface area (Å²) in [5.74, 6) is 0. The van der Waals surface area contributed by atoms with Crippen LogP contribution in [0.3, 0.4) is 0 Å². The normalized spacial score (nSPS) is 23.9. The Labute approximate surface area is 139 Å². The lowest BCUT2D eigenvalue weighted by Gasteiger charge is -2.39. The number of nitrogens with zero attached hydrogens (tertiary/aromatic N) is 3. The number of ether oxygens (including phenoxy) is 1. The predicted molar refractivity (Wildman–Crippen MR) is 90.8 cm³/mol. The molecule has 2 aliphatic rings. The molecule has 0 spiro atoms. The van der Waals surface area contributed by atoms with Crippen LogP contribution in [-0.2, 0) is 4.74 Å². The Morgan fingerprint density at radius 3 is 2.83 bits per heavy atom. The average molecular weight is 311 g/mol. The minimum absolute atomic E-state index is 0.358. The lowest BCUT2D eigenvalue weighted by Crippen LogP contribution is -2.49. The van der Waals surface area contributed by atoms with Gasteiger partial charge in [-0.15, -0.1) is 0 Å². The molecule has 2 aliphatic heterocycles. The second kappa shape index (κ2) is 7.63. The molecule has 0 unspecified atom stereocenters. The Bertz CT molecular complexity index is 585. The maximum Gasteiger partial charge on any atom is 0.111 e. The fraction of sp³-hybridized carbons (Fsp3) is 0.526. The van der Waals surface area contributed by atoms with Gasteiger partial charge in [0.15, 0.2) is 0 Å². The van der Waals surface area contributed by atoms with Gasteiger partial charge in [0.2, 0.25) is 0 Å². The molecule has 2 atom stereocenters. The molecular weight excluding hydrogens is 286 g/mol. The molecule has 122 valence electrons. The van der Waals surface area contributed by atoms with Gasteiger partial charge >= 0.3 is 0 Å². The van der Waals surface area contributed by atoms with E-state index >= 15 is 0 Å². The van der Waals surface area contributed by atoms with Gasteiger partial charge in [-0.25, -0.2) is 0 Å². The van der Waals surface area contributed by atoms with Crippen LogP contribution in [0.5, 0.6) is 0 Å². The van der Waals surface area contributed by atoms with Crippen LogP contribution in [0.15, 0.2) is 36.6 Å². The molecule has 0 bridgehead atoms. The molecule has 0 saturated carbocycles. The summed E-state index contributed by atoms with van der Waals surface area (Å²) in [6.45, 7) is 7.59. The number of hydrogen-bond acceptors (Lipinski definition) is 4. The van der Waals surface area contributed by atoms with Gasteiger partial charge in [0.1, 0.15) is 6.10 Å². The lowest BCUT2D eigenvalue weighted by molar-refractivity contribution is 0.0436. The molecule has 2 heterocycles. The third-order valence-electron chi connectivity index (χ3n) is 4.94. The van der Waals surface area contributed by atoms with Crippen molar-refractivity contribution in [1.82, 2.24) is 9.80 Å². The van der Waals surface area contributed by atoms with Gasteiger partial charge in [0.05, 0.1) is 17.9 Å². The summed E-state index contributed by atoms with van der Waals surface area (Å²) in [5.41, 5.74) is 1.98. The third-order valence-corrected chi connectivity index (χ3v) is 4.94. The van der Waals surface area contributed by atoms with E-state index in [1.807, 2.05) is 24.5 Å². The number of hydrogen-bond donors (Lipinski definition) is 0. The monoisotopic (exact) mass is 311 g/mol. The molecule has 4 nitrogen and oxygen atoms in total. The Balaban J connectivity index is 1.51. The van der Waals surface area contributed by atoms with Crippen LogP contribution >= 0.6 is 0 Å². The highest BCUT2D eigenvalue weighted by Crippen LogP contribution is 2.23. The second-order valence-corrected chi connectivity index (χ2v) is 6.46. The first-order chi connectivity index (χ1) is 11.3. The molecule has 23 heavy (non-hydrogen) atoms. The summed E-state index contributed by atoms with van der Waals surface area (Å²) in [6, 6.07) is 10.6. The van der Waals surface area contributed by atoms with Gasteiger partial charge in [-0.3, -0.25) is 9.80 Å². The maximum absolute atomic E-state index is 9.06. The first-order valence-electron chi connectivity index (χ1n) is 8.53. The highest BCUT2D eigenvalue weighted by atomic mass is 16.5. The van der Waals surface area contributed by atoms with Gasteiger partial charge < -0.3 is 4.74 Å². The maximum atomic E-state index is 9.06. The van der Waals surface area contributed by atoms with Crippen molar-refractivity contribution in [1.29, 1.82) is 5.26 Å². The van der Waals surface area contributed by atoms with Crippen LogP contribution < -0.4 is 0 Å². The number of rotatable bonds is 4. The van der Waals surface area contributed by atoms with E-state index in [1.54, 1.807) is 0 Å². The standard InChI is InChI=1S/C19H25N3O/c1-16(18-6-4-5-17(13-18)14-20)22-10-8-21(9-11-22)15-19-7-2-3-12-23-19/h3-6,12-13,16,19H,2,7-11,15H2,1H3/t16-,19-/m0/s1. The molecule has 0 N–H and O–H groups in total. The van der Waals surface area contributed by atoms with E-state index in [-0.39, 0.29) is 0 Å². The van der Waals surface area contributed by atoms with Crippen molar-refractivity contribution in [3.05, 3.63) is 47.7 Å². The topological polar surface area (TPSA) is 39.5 Å². The molecule has 4 heteroatoms. The van der Waals surface area contributed by atoms with Crippen molar-refractivity contribution in [2.75, 3.05) is 32.7 Å². The van der Waals surface area contributed by atoms with Crippen LogP contribution in [-0.4, -0.2) is 48.6 Å². The molecule has 1 fully saturated rings. The van der Waals surface area contributed by atoms with Crippen molar-refractivity contribution >= 4 is 0 Å². The van der Waals surface area contributed by atoms with Crippen molar-refractivity contribution in [3.63, 3.8) is 0 Å². The molecule has 1 saturated heterocycles. The summed E-state index contributed by atoms with van der Waals surface area (Å²) in [4.78, 5) is 5.02. The van der Waals surface area contributed by atoms with Crippen LogP contribution in [0.25, 0.3) is 0 Å². The lowest BCUT2D eigenvalue weighted by atomic mass is 10.0. The summed E-state index contributed by atoms with van der Waals surface area (Å²) in [5, 5.41) is 9.06. The number of allylic oxidation sites excluding steroid dienone is 1. The average Bonchev–Trinajstić information content (AvgIpc) is 2.63. The zero-order valence-corrected chi connectivity index (χ0v) is 13.8. The first kappa shape index (κ1) is 16.0. The van der Waals surface area contributed by atoms with Gasteiger partial charge in [-0.2, -0.15) is 5.26 Å². The zero-order valence-electron chi connectivity index (χ0n) is 13.8. The highest BCUT2D eigenvalue weighted by Gasteiger charge is 2.24. The van der Waals surface area contributed by atoms with Crippen molar-refractivity contribution in [2.24, 2.45) is 0 Å². The van der Waals surface area contributed by atoms with E-state index in [0.29, 0.717) is 12.1 Å². The van der Waals surface area contributed by atoms with Crippen LogP contribution in [0, 0.1) is 11.3 Å². The third kappa shape index (κ3) is 4.13. The van der Waals surface area contributed by atoms with Gasteiger partial charge in [-0.05, 0) is 43.5 Å². The number of benzene rings is 1. The Kier molecular flexibility index (Phi) is 5.32. The molecular formula is C19H25N3O. The van der Waals surface area contributed by atoms with Crippen LogP contribution in [0.2, 0.25) is 0 Å². The molecule has 0 amide bonds. The highest BCUT2D eigenvalue weighted by molar-refractivity contribution is 5.34. The number of nitriles is 1. The predicted octanol–water partition coefficient (Wildman–Crippen LogP) is 2.93. The van der Waals surface area contributed by atoms with E-state index in [2.05, 4.69) is 34.9 Å². The van der Waals surface area contributed by atoms with Gasteiger partial charge in [0.25, 0.3) is 0 Å². The summed E-state index contributed by atoms with van der Waals surface area (Å²) in [6.07, 6.45) is 6.58. The quantitative estimate of drug-likeness (QED) is 0.857.